The van der Waals surface area contributed by atoms with Crippen LogP contribution in [0.3, 0.4) is 0 Å². The van der Waals surface area contributed by atoms with Crippen molar-refractivity contribution in [2.75, 3.05) is 19.6 Å². The van der Waals surface area contributed by atoms with Crippen LogP contribution in [0.25, 0.3) is 0 Å². The quantitative estimate of drug-likeness (QED) is 0.847. The minimum atomic E-state index is 0.735. The molecule has 86 valence electrons. The molecule has 1 aromatic carbocycles. The van der Waals surface area contributed by atoms with Crippen molar-refractivity contribution in [1.29, 1.82) is 0 Å². The van der Waals surface area contributed by atoms with E-state index in [4.69, 9.17) is 11.6 Å². The van der Waals surface area contributed by atoms with Gasteiger partial charge in [-0.1, -0.05) is 23.7 Å². The van der Waals surface area contributed by atoms with Crippen LogP contribution in [0, 0.1) is 5.92 Å². The number of nitrogens with zero attached hydrogens (tertiary/aromatic N) is 1. The zero-order chi connectivity index (χ0) is 11.0. The molecule has 2 aliphatic heterocycles. The summed E-state index contributed by atoms with van der Waals surface area (Å²) in [6, 6.07) is 8.94. The van der Waals surface area contributed by atoms with Crippen molar-refractivity contribution in [2.45, 2.75) is 19.0 Å². The van der Waals surface area contributed by atoms with Crippen molar-refractivity contribution in [2.24, 2.45) is 5.92 Å². The van der Waals surface area contributed by atoms with E-state index in [1.165, 1.54) is 31.6 Å². The molecule has 1 N–H and O–H groups in total. The molecule has 0 spiro atoms. The average Bonchev–Trinajstić information content (AvgIpc) is 2.77. The van der Waals surface area contributed by atoms with Gasteiger partial charge in [-0.3, -0.25) is 4.90 Å². The molecule has 0 amide bonds. The fourth-order valence-corrected chi connectivity index (χ4v) is 3.17. The van der Waals surface area contributed by atoms with Gasteiger partial charge in [0, 0.05) is 30.7 Å². The molecule has 0 radical (unpaired) electrons. The van der Waals surface area contributed by atoms with E-state index in [-0.39, 0.29) is 0 Å². The lowest BCUT2D eigenvalue weighted by atomic mass is 10.1. The largest absolute Gasteiger partial charge is 0.312 e. The third-order valence-electron chi connectivity index (χ3n) is 3.73. The summed E-state index contributed by atoms with van der Waals surface area (Å²) in [5.41, 5.74) is 1.33. The molecule has 3 rings (SSSR count). The molecule has 2 fully saturated rings. The van der Waals surface area contributed by atoms with Crippen LogP contribution in [-0.2, 0) is 6.54 Å². The Kier molecular flexibility index (Phi) is 2.88. The predicted molar refractivity (Wildman–Crippen MR) is 66.6 cm³/mol. The summed E-state index contributed by atoms with van der Waals surface area (Å²) < 4.78 is 0. The smallest absolute Gasteiger partial charge is 0.0409 e. The molecule has 0 aromatic heterocycles. The summed E-state index contributed by atoms with van der Waals surface area (Å²) in [4.78, 5) is 2.53. The minimum absolute atomic E-state index is 0.735. The molecular weight excluding hydrogens is 220 g/mol. The van der Waals surface area contributed by atoms with Crippen LogP contribution >= 0.6 is 11.6 Å². The summed E-state index contributed by atoms with van der Waals surface area (Å²) in [5, 5.41) is 4.42. The Bertz CT molecular complexity index is 368. The maximum atomic E-state index is 6.00. The number of halogens is 1. The molecule has 3 heteroatoms. The predicted octanol–water partition coefficient (Wildman–Crippen LogP) is 2.13. The minimum Gasteiger partial charge on any atom is -0.312 e. The first-order valence-corrected chi connectivity index (χ1v) is 6.39. The Balaban J connectivity index is 1.64. The number of hydrogen-bond acceptors (Lipinski definition) is 2. The molecule has 2 aliphatic rings. The van der Waals surface area contributed by atoms with Gasteiger partial charge in [0.2, 0.25) is 0 Å². The van der Waals surface area contributed by atoms with E-state index in [1.807, 2.05) is 12.1 Å². The third kappa shape index (κ3) is 2.10. The van der Waals surface area contributed by atoms with Gasteiger partial charge in [0.1, 0.15) is 0 Å². The zero-order valence-corrected chi connectivity index (χ0v) is 10.1. The summed E-state index contributed by atoms with van der Waals surface area (Å²) in [6.07, 6.45) is 1.34. The molecule has 0 saturated carbocycles. The van der Waals surface area contributed by atoms with Gasteiger partial charge < -0.3 is 5.32 Å². The Hall–Kier alpha value is -0.570. The topological polar surface area (TPSA) is 15.3 Å². The van der Waals surface area contributed by atoms with E-state index in [9.17, 15) is 0 Å². The van der Waals surface area contributed by atoms with Crippen LogP contribution in [0.4, 0.5) is 0 Å². The highest BCUT2D eigenvalue weighted by atomic mass is 35.5. The van der Waals surface area contributed by atoms with Crippen LogP contribution in [0.2, 0.25) is 5.02 Å². The van der Waals surface area contributed by atoms with E-state index >= 15 is 0 Å². The van der Waals surface area contributed by atoms with Crippen LogP contribution in [0.5, 0.6) is 0 Å². The zero-order valence-electron chi connectivity index (χ0n) is 9.32. The van der Waals surface area contributed by atoms with E-state index in [0.717, 1.165) is 23.5 Å². The van der Waals surface area contributed by atoms with Crippen molar-refractivity contribution >= 4 is 11.6 Å². The van der Waals surface area contributed by atoms with Crippen molar-refractivity contribution in [1.82, 2.24) is 10.2 Å². The number of rotatable bonds is 2. The summed E-state index contributed by atoms with van der Waals surface area (Å²) in [7, 11) is 0. The van der Waals surface area contributed by atoms with Gasteiger partial charge in [-0.2, -0.15) is 0 Å². The van der Waals surface area contributed by atoms with Gasteiger partial charge in [-0.25, -0.2) is 0 Å². The van der Waals surface area contributed by atoms with Crippen molar-refractivity contribution < 1.29 is 0 Å². The molecule has 2 atom stereocenters. The number of hydrogen-bond donors (Lipinski definition) is 1. The molecule has 2 heterocycles. The molecule has 16 heavy (non-hydrogen) atoms. The lowest BCUT2D eigenvalue weighted by molar-refractivity contribution is 0.307. The van der Waals surface area contributed by atoms with Crippen LogP contribution in [-0.4, -0.2) is 30.6 Å². The maximum Gasteiger partial charge on any atom is 0.0409 e. The first kappa shape index (κ1) is 10.6. The molecule has 2 saturated heterocycles. The Morgan fingerprint density at radius 1 is 1.38 bits per heavy atom. The van der Waals surface area contributed by atoms with Gasteiger partial charge in [-0.15, -0.1) is 0 Å². The van der Waals surface area contributed by atoms with E-state index in [1.54, 1.807) is 0 Å². The second kappa shape index (κ2) is 4.36. The number of benzene rings is 1. The van der Waals surface area contributed by atoms with E-state index in [2.05, 4.69) is 22.3 Å². The molecule has 0 bridgehead atoms. The third-order valence-corrected chi connectivity index (χ3v) is 3.97. The number of nitrogens with one attached hydrogen (secondary N) is 1. The average molecular weight is 237 g/mol. The number of fused-ring (bicyclic) bond motifs is 1. The van der Waals surface area contributed by atoms with Gasteiger partial charge in [0.25, 0.3) is 0 Å². The maximum absolute atomic E-state index is 6.00. The van der Waals surface area contributed by atoms with E-state index < -0.39 is 0 Å². The van der Waals surface area contributed by atoms with Gasteiger partial charge in [0.05, 0.1) is 0 Å². The van der Waals surface area contributed by atoms with Gasteiger partial charge in [-0.05, 0) is 36.6 Å². The highest BCUT2D eigenvalue weighted by molar-refractivity contribution is 6.30. The molecular formula is C13H17ClN2. The van der Waals surface area contributed by atoms with Crippen molar-refractivity contribution in [3.63, 3.8) is 0 Å². The molecule has 1 aromatic rings. The van der Waals surface area contributed by atoms with Crippen molar-refractivity contribution in [3.8, 4) is 0 Å². The second-order valence-electron chi connectivity index (χ2n) is 4.93. The second-order valence-corrected chi connectivity index (χ2v) is 5.37. The number of likely N-dealkylation sites (tertiary alicyclic amines) is 1. The highest BCUT2D eigenvalue weighted by Crippen LogP contribution is 2.26. The lowest BCUT2D eigenvalue weighted by Gasteiger charge is -2.16. The molecule has 2 nitrogen and oxygen atoms in total. The van der Waals surface area contributed by atoms with Crippen LogP contribution < -0.4 is 5.32 Å². The Morgan fingerprint density at radius 3 is 3.12 bits per heavy atom. The van der Waals surface area contributed by atoms with Gasteiger partial charge >= 0.3 is 0 Å². The Labute approximate surface area is 102 Å². The SMILES string of the molecule is Clc1cccc(CN2C[C@@H]3CCN[C@@H]3C2)c1. The lowest BCUT2D eigenvalue weighted by Crippen LogP contribution is -2.29. The molecule has 0 aliphatic carbocycles. The standard InChI is InChI=1S/C13H17ClN2/c14-12-3-1-2-10(6-12)7-16-8-11-4-5-15-13(11)9-16/h1-3,6,11,13,15H,4-5,7-9H2/t11-,13+/m0/s1. The van der Waals surface area contributed by atoms with Gasteiger partial charge in [0.15, 0.2) is 0 Å². The summed E-state index contributed by atoms with van der Waals surface area (Å²) >= 11 is 6.00. The first-order chi connectivity index (χ1) is 7.81. The van der Waals surface area contributed by atoms with Crippen molar-refractivity contribution in [3.05, 3.63) is 34.9 Å². The van der Waals surface area contributed by atoms with E-state index in [0.29, 0.717) is 0 Å². The highest BCUT2D eigenvalue weighted by Gasteiger charge is 2.35. The molecule has 0 unspecified atom stereocenters. The first-order valence-electron chi connectivity index (χ1n) is 6.01. The monoisotopic (exact) mass is 236 g/mol. The Morgan fingerprint density at radius 2 is 2.31 bits per heavy atom. The summed E-state index contributed by atoms with van der Waals surface area (Å²) in [5.74, 6) is 0.874. The van der Waals surface area contributed by atoms with Crippen LogP contribution in [0.1, 0.15) is 12.0 Å². The fourth-order valence-electron chi connectivity index (χ4n) is 2.96. The van der Waals surface area contributed by atoms with Crippen LogP contribution in [0.15, 0.2) is 24.3 Å². The summed E-state index contributed by atoms with van der Waals surface area (Å²) in [6.45, 7) is 4.68. The normalized spacial score (nSPS) is 29.6. The fraction of sp³-hybridized carbons (Fsp3) is 0.538.